The highest BCUT2D eigenvalue weighted by Gasteiger charge is 2.17. The van der Waals surface area contributed by atoms with E-state index in [0.29, 0.717) is 16.8 Å². The summed E-state index contributed by atoms with van der Waals surface area (Å²) in [5.74, 6) is 0.248. The number of ether oxygens (including phenoxy) is 1. The number of rotatable bonds is 6. The van der Waals surface area contributed by atoms with Gasteiger partial charge in [-0.2, -0.15) is 0 Å². The largest absolute Gasteiger partial charge is 0.480 e. The second-order valence-corrected chi connectivity index (χ2v) is 6.56. The van der Waals surface area contributed by atoms with Gasteiger partial charge in [0.2, 0.25) is 5.88 Å². The highest BCUT2D eigenvalue weighted by atomic mass is 16.5. The Bertz CT molecular complexity index is 1030. The summed E-state index contributed by atoms with van der Waals surface area (Å²) in [6, 6.07) is 6.14. The Balaban J connectivity index is 2.03. The maximum Gasteiger partial charge on any atom is 0.304 e. The first-order valence-corrected chi connectivity index (χ1v) is 8.50. The topological polar surface area (TPSA) is 80.1 Å². The van der Waals surface area contributed by atoms with Gasteiger partial charge in [-0.05, 0) is 37.8 Å². The second-order valence-electron chi connectivity index (χ2n) is 6.56. The first-order valence-electron chi connectivity index (χ1n) is 8.50. The Morgan fingerprint density at radius 1 is 1.38 bits per heavy atom. The van der Waals surface area contributed by atoms with Crippen molar-refractivity contribution in [3.63, 3.8) is 0 Å². The first kappa shape index (κ1) is 17.8. The van der Waals surface area contributed by atoms with Crippen molar-refractivity contribution < 1.29 is 9.94 Å². The maximum absolute atomic E-state index is 12.0. The van der Waals surface area contributed by atoms with E-state index in [4.69, 9.17) is 4.74 Å². The molecule has 0 bridgehead atoms. The molecule has 26 heavy (non-hydrogen) atoms. The van der Waals surface area contributed by atoms with Crippen LogP contribution in [0, 0.1) is 6.92 Å². The van der Waals surface area contributed by atoms with Crippen LogP contribution in [0.25, 0.3) is 10.9 Å². The molecule has 0 saturated carbocycles. The molecule has 0 aliphatic heterocycles. The Morgan fingerprint density at radius 3 is 2.85 bits per heavy atom. The smallest absolute Gasteiger partial charge is 0.304 e. The van der Waals surface area contributed by atoms with Crippen LogP contribution in [-0.4, -0.2) is 27.0 Å². The summed E-state index contributed by atoms with van der Waals surface area (Å²) < 4.78 is 5.89. The summed E-state index contributed by atoms with van der Waals surface area (Å²) in [6.45, 7) is 7.53. The molecule has 1 aromatic carbocycles. The number of aryl methyl sites for hydroxylation is 2. The Hall–Kier alpha value is -3.02. The number of hydrogen-bond acceptors (Lipinski definition) is 4. The average Bonchev–Trinajstić information content (AvgIpc) is 3.03. The van der Waals surface area contributed by atoms with E-state index in [-0.39, 0.29) is 11.6 Å². The number of benzene rings is 1. The van der Waals surface area contributed by atoms with Crippen LogP contribution in [-0.2, 0) is 12.8 Å². The van der Waals surface area contributed by atoms with Crippen LogP contribution in [0.3, 0.4) is 0 Å². The molecule has 0 aliphatic carbocycles. The molecule has 0 unspecified atom stereocenters. The number of methoxy groups -OCH3 is 1. The molecule has 0 radical (unpaired) electrons. The van der Waals surface area contributed by atoms with Gasteiger partial charge in [-0.1, -0.05) is 23.8 Å². The minimum absolute atomic E-state index is 0.189. The number of nitrogens with one attached hydrogen (secondary N) is 1. The molecule has 6 heteroatoms. The van der Waals surface area contributed by atoms with Crippen LogP contribution in [0.1, 0.15) is 35.9 Å². The van der Waals surface area contributed by atoms with Crippen molar-refractivity contribution in [1.29, 1.82) is 0 Å². The molecule has 0 aliphatic rings. The van der Waals surface area contributed by atoms with Gasteiger partial charge in [0, 0.05) is 23.5 Å². The molecule has 0 fully saturated rings. The second kappa shape index (κ2) is 7.07. The van der Waals surface area contributed by atoms with Crippen LogP contribution in [0.15, 0.2) is 41.3 Å². The number of H-pyrrole nitrogens is 1. The predicted octanol–water partition coefficient (Wildman–Crippen LogP) is 3.38. The van der Waals surface area contributed by atoms with Crippen molar-refractivity contribution in [2.75, 3.05) is 7.11 Å². The Kier molecular flexibility index (Phi) is 4.84. The number of nitrogens with zero attached hydrogens (tertiary/aromatic N) is 2. The summed E-state index contributed by atoms with van der Waals surface area (Å²) in [7, 11) is 1.47. The fraction of sp³-hybridized carbons (Fsp3) is 0.300. The first-order chi connectivity index (χ1) is 12.4. The molecule has 2 N–H and O–H groups in total. The van der Waals surface area contributed by atoms with Gasteiger partial charge in [-0.3, -0.25) is 4.79 Å². The summed E-state index contributed by atoms with van der Waals surface area (Å²) in [4.78, 5) is 19.5. The third-order valence-corrected chi connectivity index (χ3v) is 4.53. The van der Waals surface area contributed by atoms with Gasteiger partial charge >= 0.3 is 5.56 Å². The zero-order valence-corrected chi connectivity index (χ0v) is 15.3. The van der Waals surface area contributed by atoms with E-state index < -0.39 is 5.56 Å². The average molecular weight is 353 g/mol. The summed E-state index contributed by atoms with van der Waals surface area (Å²) in [5.41, 5.74) is 4.37. The number of allylic oxidation sites excluding steroid dienone is 1. The van der Waals surface area contributed by atoms with Gasteiger partial charge in [0.1, 0.15) is 11.4 Å². The van der Waals surface area contributed by atoms with Gasteiger partial charge in [0.25, 0.3) is 0 Å². The van der Waals surface area contributed by atoms with Gasteiger partial charge in [-0.15, -0.1) is 11.3 Å². The Labute approximate surface area is 151 Å². The van der Waals surface area contributed by atoms with Gasteiger partial charge < -0.3 is 14.9 Å². The van der Waals surface area contributed by atoms with E-state index in [1.165, 1.54) is 12.7 Å². The third kappa shape index (κ3) is 3.22. The van der Waals surface area contributed by atoms with Crippen molar-refractivity contribution in [2.45, 2.75) is 33.1 Å². The third-order valence-electron chi connectivity index (χ3n) is 4.53. The molecule has 2 heterocycles. The van der Waals surface area contributed by atoms with Crippen LogP contribution in [0.5, 0.6) is 5.88 Å². The fourth-order valence-corrected chi connectivity index (χ4v) is 3.10. The number of aromatic amines is 1. The van der Waals surface area contributed by atoms with Crippen LogP contribution in [0.2, 0.25) is 0 Å². The van der Waals surface area contributed by atoms with Gasteiger partial charge in [-0.25, -0.2) is 4.98 Å². The molecular weight excluding hydrogens is 330 g/mol. The summed E-state index contributed by atoms with van der Waals surface area (Å²) in [6.07, 6.45) is 4.07. The van der Waals surface area contributed by atoms with Gasteiger partial charge in [0.15, 0.2) is 0 Å². The van der Waals surface area contributed by atoms with Crippen molar-refractivity contribution >= 4 is 10.9 Å². The van der Waals surface area contributed by atoms with Crippen molar-refractivity contribution in [3.8, 4) is 5.88 Å². The predicted molar refractivity (Wildman–Crippen MR) is 101 cm³/mol. The quantitative estimate of drug-likeness (QED) is 0.526. The molecule has 3 aromatic rings. The number of para-hydroxylation sites is 1. The lowest BCUT2D eigenvalue weighted by Gasteiger charge is -2.11. The molecule has 6 nitrogen and oxygen atoms in total. The molecule has 2 aromatic heterocycles. The number of fused-ring (bicyclic) bond motifs is 1. The summed E-state index contributed by atoms with van der Waals surface area (Å²) >= 11 is 0. The van der Waals surface area contributed by atoms with E-state index in [1.54, 1.807) is 6.92 Å². The van der Waals surface area contributed by atoms with Crippen molar-refractivity contribution in [2.24, 2.45) is 0 Å². The van der Waals surface area contributed by atoms with Gasteiger partial charge in [0.05, 0.1) is 7.11 Å². The van der Waals surface area contributed by atoms with Crippen LogP contribution in [0.4, 0.5) is 0 Å². The van der Waals surface area contributed by atoms with Crippen LogP contribution < -0.4 is 10.3 Å². The minimum atomic E-state index is -0.539. The SMILES string of the molecule is C=C(C)CCc1cccc2c(Cc3c(OC)nc(C)c(=O)n3O)c[nH]c12. The van der Waals surface area contributed by atoms with E-state index in [0.717, 1.165) is 34.9 Å². The van der Waals surface area contributed by atoms with E-state index in [2.05, 4.69) is 22.6 Å². The highest BCUT2D eigenvalue weighted by molar-refractivity contribution is 5.86. The van der Waals surface area contributed by atoms with E-state index in [9.17, 15) is 10.0 Å². The van der Waals surface area contributed by atoms with Crippen molar-refractivity contribution in [3.05, 3.63) is 69.4 Å². The Morgan fingerprint density at radius 2 is 2.15 bits per heavy atom. The fourth-order valence-electron chi connectivity index (χ4n) is 3.10. The number of aromatic nitrogens is 3. The zero-order chi connectivity index (χ0) is 18.8. The molecule has 0 atom stereocenters. The molecular formula is C20H23N3O3. The normalized spacial score (nSPS) is 11.0. The maximum atomic E-state index is 12.0. The molecule has 0 saturated heterocycles. The lowest BCUT2D eigenvalue weighted by molar-refractivity contribution is 0.159. The molecule has 136 valence electrons. The lowest BCUT2D eigenvalue weighted by atomic mass is 10.0. The highest BCUT2D eigenvalue weighted by Crippen LogP contribution is 2.27. The van der Waals surface area contributed by atoms with Crippen LogP contribution >= 0.6 is 0 Å². The summed E-state index contributed by atoms with van der Waals surface area (Å²) in [5, 5.41) is 11.3. The van der Waals surface area contributed by atoms with E-state index in [1.807, 2.05) is 25.3 Å². The minimum Gasteiger partial charge on any atom is -0.480 e. The lowest BCUT2D eigenvalue weighted by Crippen LogP contribution is -2.26. The standard InChI is InChI=1S/C20H23N3O3/c1-12(2)8-9-14-6-5-7-16-15(11-21-18(14)16)10-17-19(26-4)22-13(3)20(24)23(17)25/h5-7,11,21,25H,1,8-10H2,2-4H3. The van der Waals surface area contributed by atoms with Crippen molar-refractivity contribution in [1.82, 2.24) is 14.7 Å². The monoisotopic (exact) mass is 353 g/mol. The molecule has 0 amide bonds. The zero-order valence-electron chi connectivity index (χ0n) is 15.3. The van der Waals surface area contributed by atoms with E-state index >= 15 is 0 Å². The molecule has 0 spiro atoms. The molecule has 3 rings (SSSR count). The number of hydrogen-bond donors (Lipinski definition) is 2.